The average Bonchev–Trinajstić information content (AvgIpc) is 2.98. The second-order valence-electron chi connectivity index (χ2n) is 3.88. The van der Waals surface area contributed by atoms with Crippen molar-refractivity contribution in [3.8, 4) is 0 Å². The van der Waals surface area contributed by atoms with Gasteiger partial charge in [0.2, 0.25) is 5.76 Å². The zero-order valence-corrected chi connectivity index (χ0v) is 8.56. The molecular formula is C10H14N2O3. The lowest BCUT2D eigenvalue weighted by Crippen LogP contribution is -2.33. The molecule has 2 rings (SSSR count). The van der Waals surface area contributed by atoms with Crippen LogP contribution in [0.15, 0.2) is 10.8 Å². The van der Waals surface area contributed by atoms with E-state index in [2.05, 4.69) is 10.3 Å². The highest BCUT2D eigenvalue weighted by molar-refractivity contribution is 5.92. The lowest BCUT2D eigenvalue weighted by Gasteiger charge is -2.09. The molecule has 1 aliphatic rings. The first-order chi connectivity index (χ1) is 7.18. The van der Waals surface area contributed by atoms with Crippen molar-refractivity contribution >= 4 is 5.91 Å². The molecule has 2 N–H and O–H groups in total. The topological polar surface area (TPSA) is 75.4 Å². The Morgan fingerprint density at radius 2 is 2.53 bits per heavy atom. The van der Waals surface area contributed by atoms with Gasteiger partial charge in [-0.1, -0.05) is 0 Å². The molecular weight excluding hydrogens is 196 g/mol. The van der Waals surface area contributed by atoms with Crippen molar-refractivity contribution in [3.63, 3.8) is 0 Å². The molecule has 15 heavy (non-hydrogen) atoms. The molecule has 0 saturated heterocycles. The smallest absolute Gasteiger partial charge is 0.289 e. The Morgan fingerprint density at radius 1 is 1.80 bits per heavy atom. The summed E-state index contributed by atoms with van der Waals surface area (Å²) in [6.45, 7) is 1.99. The first-order valence-electron chi connectivity index (χ1n) is 5.05. The van der Waals surface area contributed by atoms with Crippen molar-refractivity contribution in [3.05, 3.63) is 17.8 Å². The minimum Gasteiger partial charge on any atom is -0.438 e. The van der Waals surface area contributed by atoms with Crippen molar-refractivity contribution in [2.75, 3.05) is 6.54 Å². The standard InChI is InChI=1S/C10H14N2O3/c1-6-9(15-5-12-6)10(14)11-4-8(13)7-2-3-7/h5,7-8,13H,2-4H2,1H3,(H,11,14). The number of rotatable bonds is 4. The Kier molecular flexibility index (Phi) is 2.73. The zero-order chi connectivity index (χ0) is 10.8. The number of amides is 1. The van der Waals surface area contributed by atoms with Gasteiger partial charge in [0, 0.05) is 6.54 Å². The fraction of sp³-hybridized carbons (Fsp3) is 0.600. The molecule has 1 aliphatic carbocycles. The summed E-state index contributed by atoms with van der Waals surface area (Å²) in [7, 11) is 0. The Balaban J connectivity index is 1.84. The summed E-state index contributed by atoms with van der Waals surface area (Å²) in [4.78, 5) is 15.3. The lowest BCUT2D eigenvalue weighted by molar-refractivity contribution is 0.0873. The first kappa shape index (κ1) is 10.2. The van der Waals surface area contributed by atoms with Gasteiger partial charge in [-0.15, -0.1) is 0 Å². The number of aliphatic hydroxyl groups excluding tert-OH is 1. The van der Waals surface area contributed by atoms with Crippen LogP contribution in [0.4, 0.5) is 0 Å². The molecule has 1 saturated carbocycles. The normalized spacial score (nSPS) is 17.5. The minimum atomic E-state index is -0.433. The van der Waals surface area contributed by atoms with Crippen LogP contribution in [0.1, 0.15) is 29.1 Å². The van der Waals surface area contributed by atoms with Crippen molar-refractivity contribution in [1.82, 2.24) is 10.3 Å². The molecule has 0 bridgehead atoms. The van der Waals surface area contributed by atoms with E-state index in [1.807, 2.05) is 0 Å². The van der Waals surface area contributed by atoms with Crippen LogP contribution >= 0.6 is 0 Å². The van der Waals surface area contributed by atoms with Gasteiger partial charge in [0.25, 0.3) is 5.91 Å². The van der Waals surface area contributed by atoms with Crippen LogP contribution in [-0.2, 0) is 0 Å². The maximum absolute atomic E-state index is 11.5. The first-order valence-corrected chi connectivity index (χ1v) is 5.05. The molecule has 82 valence electrons. The maximum Gasteiger partial charge on any atom is 0.289 e. The highest BCUT2D eigenvalue weighted by Gasteiger charge is 2.30. The zero-order valence-electron chi connectivity index (χ0n) is 8.56. The van der Waals surface area contributed by atoms with E-state index in [-0.39, 0.29) is 18.2 Å². The summed E-state index contributed by atoms with van der Waals surface area (Å²) in [5.74, 6) is 0.267. The molecule has 0 spiro atoms. The van der Waals surface area contributed by atoms with Gasteiger partial charge in [-0.2, -0.15) is 0 Å². The molecule has 0 radical (unpaired) electrons. The lowest BCUT2D eigenvalue weighted by atomic mass is 10.2. The van der Waals surface area contributed by atoms with Crippen LogP contribution in [0.3, 0.4) is 0 Å². The molecule has 1 fully saturated rings. The largest absolute Gasteiger partial charge is 0.438 e. The third kappa shape index (κ3) is 2.36. The predicted octanol–water partition coefficient (Wildman–Crippen LogP) is 0.484. The number of aliphatic hydroxyl groups is 1. The van der Waals surface area contributed by atoms with E-state index in [1.54, 1.807) is 6.92 Å². The summed E-state index contributed by atoms with van der Waals surface area (Å²) >= 11 is 0. The Labute approximate surface area is 87.5 Å². The summed E-state index contributed by atoms with van der Waals surface area (Å²) in [6, 6.07) is 0. The van der Waals surface area contributed by atoms with E-state index < -0.39 is 6.10 Å². The fourth-order valence-corrected chi connectivity index (χ4v) is 1.45. The monoisotopic (exact) mass is 210 g/mol. The predicted molar refractivity (Wildman–Crippen MR) is 52.3 cm³/mol. The second-order valence-corrected chi connectivity index (χ2v) is 3.88. The maximum atomic E-state index is 11.5. The van der Waals surface area contributed by atoms with Gasteiger partial charge < -0.3 is 14.8 Å². The number of aromatic nitrogens is 1. The summed E-state index contributed by atoms with van der Waals surface area (Å²) in [6.07, 6.45) is 2.91. The highest BCUT2D eigenvalue weighted by atomic mass is 16.3. The number of hydrogen-bond donors (Lipinski definition) is 2. The Hall–Kier alpha value is -1.36. The molecule has 1 atom stereocenters. The molecule has 0 aromatic carbocycles. The molecule has 0 aliphatic heterocycles. The van der Waals surface area contributed by atoms with Crippen LogP contribution in [0.5, 0.6) is 0 Å². The third-order valence-corrected chi connectivity index (χ3v) is 2.59. The Morgan fingerprint density at radius 3 is 3.07 bits per heavy atom. The van der Waals surface area contributed by atoms with Crippen LogP contribution in [0.25, 0.3) is 0 Å². The summed E-state index contributed by atoms with van der Waals surface area (Å²) in [5.41, 5.74) is 0.563. The van der Waals surface area contributed by atoms with Gasteiger partial charge in [-0.3, -0.25) is 4.79 Å². The Bertz CT molecular complexity index is 357. The quantitative estimate of drug-likeness (QED) is 0.758. The number of aryl methyl sites for hydroxylation is 1. The van der Waals surface area contributed by atoms with Crippen LogP contribution in [0, 0.1) is 12.8 Å². The molecule has 1 amide bonds. The van der Waals surface area contributed by atoms with E-state index in [0.717, 1.165) is 12.8 Å². The van der Waals surface area contributed by atoms with Crippen LogP contribution in [0.2, 0.25) is 0 Å². The number of carbonyl (C=O) groups excluding carboxylic acids is 1. The highest BCUT2D eigenvalue weighted by Crippen LogP contribution is 2.32. The number of carbonyl (C=O) groups is 1. The summed E-state index contributed by atoms with van der Waals surface area (Å²) in [5, 5.41) is 12.2. The number of nitrogens with one attached hydrogen (secondary N) is 1. The van der Waals surface area contributed by atoms with Gasteiger partial charge >= 0.3 is 0 Å². The number of nitrogens with zero attached hydrogens (tertiary/aromatic N) is 1. The fourth-order valence-electron chi connectivity index (χ4n) is 1.45. The van der Waals surface area contributed by atoms with Crippen molar-refractivity contribution < 1.29 is 14.3 Å². The van der Waals surface area contributed by atoms with Crippen LogP contribution < -0.4 is 5.32 Å². The molecule has 5 nitrogen and oxygen atoms in total. The van der Waals surface area contributed by atoms with E-state index in [1.165, 1.54) is 6.39 Å². The van der Waals surface area contributed by atoms with E-state index in [0.29, 0.717) is 11.6 Å². The molecule has 1 heterocycles. The second kappa shape index (κ2) is 4.02. The van der Waals surface area contributed by atoms with Gasteiger partial charge in [-0.05, 0) is 25.7 Å². The molecule has 1 aromatic rings. The van der Waals surface area contributed by atoms with Gasteiger partial charge in [-0.25, -0.2) is 4.98 Å². The molecule has 5 heteroatoms. The van der Waals surface area contributed by atoms with E-state index >= 15 is 0 Å². The molecule has 1 aromatic heterocycles. The van der Waals surface area contributed by atoms with Gasteiger partial charge in [0.15, 0.2) is 6.39 Å². The number of hydrogen-bond acceptors (Lipinski definition) is 4. The van der Waals surface area contributed by atoms with E-state index in [4.69, 9.17) is 4.42 Å². The van der Waals surface area contributed by atoms with Gasteiger partial charge in [0.05, 0.1) is 11.8 Å². The number of oxazole rings is 1. The SMILES string of the molecule is Cc1ncoc1C(=O)NCC(O)C1CC1. The van der Waals surface area contributed by atoms with Crippen molar-refractivity contribution in [1.29, 1.82) is 0 Å². The van der Waals surface area contributed by atoms with Crippen molar-refractivity contribution in [2.24, 2.45) is 5.92 Å². The van der Waals surface area contributed by atoms with Crippen molar-refractivity contribution in [2.45, 2.75) is 25.9 Å². The van der Waals surface area contributed by atoms with Gasteiger partial charge in [0.1, 0.15) is 0 Å². The van der Waals surface area contributed by atoms with Crippen LogP contribution in [-0.4, -0.2) is 28.6 Å². The third-order valence-electron chi connectivity index (χ3n) is 2.59. The average molecular weight is 210 g/mol. The summed E-state index contributed by atoms with van der Waals surface area (Å²) < 4.78 is 4.93. The minimum absolute atomic E-state index is 0.220. The van der Waals surface area contributed by atoms with E-state index in [9.17, 15) is 9.90 Å². The molecule has 1 unspecified atom stereocenters.